The lowest BCUT2D eigenvalue weighted by Crippen LogP contribution is -2.48. The number of hydrogen-bond acceptors (Lipinski definition) is 2. The van der Waals surface area contributed by atoms with Gasteiger partial charge in [0.1, 0.15) is 6.54 Å². The number of benzene rings is 1. The summed E-state index contributed by atoms with van der Waals surface area (Å²) in [6.07, 6.45) is 4.51. The van der Waals surface area contributed by atoms with Crippen molar-refractivity contribution in [2.75, 3.05) is 33.7 Å². The zero-order valence-electron chi connectivity index (χ0n) is 16.7. The molecule has 1 heterocycles. The summed E-state index contributed by atoms with van der Waals surface area (Å²) in [4.78, 5) is 20.4. The number of piperidine rings is 1. The third kappa shape index (κ3) is 6.36. The van der Waals surface area contributed by atoms with E-state index in [-0.39, 0.29) is 12.5 Å². The van der Waals surface area contributed by atoms with Crippen LogP contribution in [0.3, 0.4) is 0 Å². The Hall–Kier alpha value is -2.04. The maximum Gasteiger partial charge on any atom is 0.243 e. The van der Waals surface area contributed by atoms with Crippen molar-refractivity contribution in [2.24, 2.45) is 10.9 Å². The van der Waals surface area contributed by atoms with Gasteiger partial charge in [-0.25, -0.2) is 4.99 Å². The number of likely N-dealkylation sites (tertiary alicyclic amines) is 1. The number of aliphatic imine (C=N–C) groups is 1. The van der Waals surface area contributed by atoms with Gasteiger partial charge in [-0.2, -0.15) is 0 Å². The lowest BCUT2D eigenvalue weighted by atomic mass is 9.90. The maximum atomic E-state index is 11.9. The highest BCUT2D eigenvalue weighted by Gasteiger charge is 2.22. The van der Waals surface area contributed by atoms with E-state index in [0.29, 0.717) is 6.04 Å². The summed E-state index contributed by atoms with van der Waals surface area (Å²) < 4.78 is 0. The van der Waals surface area contributed by atoms with Gasteiger partial charge >= 0.3 is 0 Å². The molecule has 0 radical (unpaired) electrons. The summed E-state index contributed by atoms with van der Waals surface area (Å²) in [6.45, 7) is 6.51. The van der Waals surface area contributed by atoms with Gasteiger partial charge in [-0.3, -0.25) is 4.79 Å². The van der Waals surface area contributed by atoms with Crippen LogP contribution in [0.15, 0.2) is 35.3 Å². The standard InChI is InChI=1S/C21H34N4O/c1-5-17(2)23-21(22-16-20(26)24(3)4)25-13-11-19(12-14-25)15-18-9-7-6-8-10-18/h6-10,17,19H,5,11-16H2,1-4H3,(H,22,23). The molecule has 1 N–H and O–H groups in total. The fourth-order valence-corrected chi connectivity index (χ4v) is 3.14. The van der Waals surface area contributed by atoms with Gasteiger partial charge in [0.15, 0.2) is 5.96 Å². The normalized spacial score (nSPS) is 17.1. The Morgan fingerprint density at radius 1 is 1.27 bits per heavy atom. The summed E-state index contributed by atoms with van der Waals surface area (Å²) >= 11 is 0. The third-order valence-electron chi connectivity index (χ3n) is 5.13. The average molecular weight is 359 g/mol. The average Bonchev–Trinajstić information content (AvgIpc) is 2.66. The first-order valence-corrected chi connectivity index (χ1v) is 9.79. The molecular formula is C21H34N4O. The zero-order valence-corrected chi connectivity index (χ0v) is 16.7. The van der Waals surface area contributed by atoms with Gasteiger partial charge in [0.2, 0.25) is 5.91 Å². The van der Waals surface area contributed by atoms with E-state index in [1.165, 1.54) is 5.56 Å². The van der Waals surface area contributed by atoms with E-state index in [1.807, 2.05) is 0 Å². The minimum absolute atomic E-state index is 0.0346. The molecule has 1 amide bonds. The second-order valence-electron chi connectivity index (χ2n) is 7.50. The fraction of sp³-hybridized carbons (Fsp3) is 0.619. The van der Waals surface area contributed by atoms with Crippen molar-refractivity contribution >= 4 is 11.9 Å². The fourth-order valence-electron chi connectivity index (χ4n) is 3.14. The van der Waals surface area contributed by atoms with Crippen LogP contribution in [-0.4, -0.2) is 61.4 Å². The molecule has 0 aliphatic carbocycles. The summed E-state index contributed by atoms with van der Waals surface area (Å²) in [5, 5.41) is 3.50. The predicted molar refractivity (Wildman–Crippen MR) is 108 cm³/mol. The van der Waals surface area contributed by atoms with Crippen molar-refractivity contribution in [1.82, 2.24) is 15.1 Å². The van der Waals surface area contributed by atoms with Crippen molar-refractivity contribution in [2.45, 2.75) is 45.6 Å². The highest BCUT2D eigenvalue weighted by molar-refractivity contribution is 5.85. The second-order valence-corrected chi connectivity index (χ2v) is 7.50. The molecule has 0 saturated carbocycles. The quantitative estimate of drug-likeness (QED) is 0.628. The third-order valence-corrected chi connectivity index (χ3v) is 5.13. The summed E-state index contributed by atoms with van der Waals surface area (Å²) in [6, 6.07) is 11.1. The van der Waals surface area contributed by atoms with Gasteiger partial charge in [-0.1, -0.05) is 37.3 Å². The number of carbonyl (C=O) groups excluding carboxylic acids is 1. The molecule has 1 fully saturated rings. The molecule has 1 unspecified atom stereocenters. The molecule has 1 aromatic carbocycles. The van der Waals surface area contributed by atoms with E-state index in [0.717, 1.165) is 50.7 Å². The Kier molecular flexibility index (Phi) is 7.95. The molecule has 5 heteroatoms. The molecule has 1 saturated heterocycles. The van der Waals surface area contributed by atoms with Gasteiger partial charge in [-0.15, -0.1) is 0 Å². The van der Waals surface area contributed by atoms with Crippen LogP contribution in [0.2, 0.25) is 0 Å². The molecule has 1 aliphatic rings. The summed E-state index contributed by atoms with van der Waals surface area (Å²) in [5.74, 6) is 1.64. The molecule has 1 aromatic rings. The lowest BCUT2D eigenvalue weighted by molar-refractivity contribution is -0.127. The van der Waals surface area contributed by atoms with Crippen LogP contribution in [0.5, 0.6) is 0 Å². The molecule has 0 aromatic heterocycles. The molecular weight excluding hydrogens is 324 g/mol. The number of likely N-dealkylation sites (N-methyl/N-ethyl adjacent to an activating group) is 1. The lowest BCUT2D eigenvalue weighted by Gasteiger charge is -2.35. The second kappa shape index (κ2) is 10.2. The summed E-state index contributed by atoms with van der Waals surface area (Å²) in [7, 11) is 3.55. The minimum Gasteiger partial charge on any atom is -0.354 e. The highest BCUT2D eigenvalue weighted by atomic mass is 16.2. The predicted octanol–water partition coefficient (Wildman–Crippen LogP) is 2.77. The van der Waals surface area contributed by atoms with Crippen LogP contribution in [0.4, 0.5) is 0 Å². The van der Waals surface area contributed by atoms with Crippen molar-refractivity contribution in [1.29, 1.82) is 0 Å². The van der Waals surface area contributed by atoms with Crippen LogP contribution >= 0.6 is 0 Å². The summed E-state index contributed by atoms with van der Waals surface area (Å²) in [5.41, 5.74) is 1.43. The number of guanidine groups is 1. The number of carbonyl (C=O) groups is 1. The van der Waals surface area contributed by atoms with Gasteiger partial charge < -0.3 is 15.1 Å². The van der Waals surface area contributed by atoms with Crippen molar-refractivity contribution in [3.8, 4) is 0 Å². The molecule has 0 bridgehead atoms. The van der Waals surface area contributed by atoms with E-state index in [2.05, 4.69) is 59.4 Å². The Morgan fingerprint density at radius 3 is 2.50 bits per heavy atom. The van der Waals surface area contributed by atoms with E-state index in [1.54, 1.807) is 19.0 Å². The topological polar surface area (TPSA) is 47.9 Å². The Bertz CT molecular complexity index is 577. The number of hydrogen-bond donors (Lipinski definition) is 1. The SMILES string of the molecule is CCC(C)NC(=NCC(=O)N(C)C)N1CCC(Cc2ccccc2)CC1. The van der Waals surface area contributed by atoms with Gasteiger partial charge in [-0.05, 0) is 44.1 Å². The number of amides is 1. The van der Waals surface area contributed by atoms with Crippen LogP contribution in [0.25, 0.3) is 0 Å². The van der Waals surface area contributed by atoms with Crippen LogP contribution in [0.1, 0.15) is 38.7 Å². The van der Waals surface area contributed by atoms with E-state index in [9.17, 15) is 4.79 Å². The first-order valence-electron chi connectivity index (χ1n) is 9.79. The van der Waals surface area contributed by atoms with Gasteiger partial charge in [0.25, 0.3) is 0 Å². The monoisotopic (exact) mass is 358 g/mol. The molecule has 1 atom stereocenters. The van der Waals surface area contributed by atoms with E-state index in [4.69, 9.17) is 0 Å². The van der Waals surface area contributed by atoms with Crippen molar-refractivity contribution in [3.05, 3.63) is 35.9 Å². The van der Waals surface area contributed by atoms with Gasteiger partial charge in [0.05, 0.1) is 0 Å². The van der Waals surface area contributed by atoms with Crippen molar-refractivity contribution in [3.63, 3.8) is 0 Å². The first-order chi connectivity index (χ1) is 12.5. The molecule has 144 valence electrons. The van der Waals surface area contributed by atoms with Crippen molar-refractivity contribution < 1.29 is 4.79 Å². The molecule has 5 nitrogen and oxygen atoms in total. The van der Waals surface area contributed by atoms with E-state index >= 15 is 0 Å². The Labute approximate surface area is 158 Å². The highest BCUT2D eigenvalue weighted by Crippen LogP contribution is 2.21. The van der Waals surface area contributed by atoms with Crippen LogP contribution in [0, 0.1) is 5.92 Å². The van der Waals surface area contributed by atoms with Crippen LogP contribution < -0.4 is 5.32 Å². The zero-order chi connectivity index (χ0) is 18.9. The molecule has 26 heavy (non-hydrogen) atoms. The molecule has 1 aliphatic heterocycles. The Balaban J connectivity index is 1.94. The number of nitrogens with zero attached hydrogens (tertiary/aromatic N) is 3. The molecule has 0 spiro atoms. The Morgan fingerprint density at radius 2 is 1.92 bits per heavy atom. The number of nitrogens with one attached hydrogen (secondary N) is 1. The first kappa shape index (κ1) is 20.3. The van der Waals surface area contributed by atoms with Crippen LogP contribution in [-0.2, 0) is 11.2 Å². The van der Waals surface area contributed by atoms with Gasteiger partial charge in [0, 0.05) is 33.2 Å². The minimum atomic E-state index is 0.0346. The number of rotatable bonds is 6. The van der Waals surface area contributed by atoms with E-state index < -0.39 is 0 Å². The maximum absolute atomic E-state index is 11.9. The largest absolute Gasteiger partial charge is 0.354 e. The molecule has 2 rings (SSSR count). The smallest absolute Gasteiger partial charge is 0.243 e.